The Kier molecular flexibility index (Phi) is 7.71. The number of rotatable bonds is 5. The molecule has 9 nitrogen and oxygen atoms in total. The number of aromatic nitrogens is 3. The monoisotopic (exact) mass is 604 g/mol. The quantitative estimate of drug-likeness (QED) is 0.166. The van der Waals surface area contributed by atoms with Gasteiger partial charge in [0.15, 0.2) is 5.69 Å². The average Bonchev–Trinajstić information content (AvgIpc) is 3.38. The van der Waals surface area contributed by atoms with E-state index >= 15 is 4.39 Å². The smallest absolute Gasteiger partial charge is 0.337 e. The van der Waals surface area contributed by atoms with Crippen LogP contribution in [0.25, 0.3) is 27.1 Å². The highest BCUT2D eigenvalue weighted by Crippen LogP contribution is 2.31. The van der Waals surface area contributed by atoms with Crippen molar-refractivity contribution in [2.24, 2.45) is 0 Å². The Balaban J connectivity index is 1.30. The summed E-state index contributed by atoms with van der Waals surface area (Å²) in [4.78, 5) is 25.4. The van der Waals surface area contributed by atoms with Gasteiger partial charge in [-0.05, 0) is 65.1 Å². The maximum Gasteiger partial charge on any atom is 0.337 e. The van der Waals surface area contributed by atoms with Gasteiger partial charge in [0.2, 0.25) is 5.88 Å². The molecule has 3 aromatic carbocycles. The molecule has 45 heavy (non-hydrogen) atoms. The molecule has 2 aliphatic rings. The average molecular weight is 605 g/mol. The number of imidazole rings is 1. The third-order valence-corrected chi connectivity index (χ3v) is 8.27. The van der Waals surface area contributed by atoms with E-state index in [9.17, 15) is 4.79 Å². The molecule has 7 rings (SSSR count). The molecule has 4 heterocycles. The molecular formula is C35H29FN4O5. The first-order valence-electron chi connectivity index (χ1n) is 14.7. The number of hydrogen-bond donors (Lipinski definition) is 0. The number of esters is 1. The van der Waals surface area contributed by atoms with Crippen LogP contribution in [0.1, 0.15) is 44.9 Å². The van der Waals surface area contributed by atoms with Crippen LogP contribution in [0.3, 0.4) is 0 Å². The Morgan fingerprint density at radius 1 is 1.04 bits per heavy atom. The third kappa shape index (κ3) is 5.76. The highest BCUT2D eigenvalue weighted by molar-refractivity contribution is 5.93. The van der Waals surface area contributed by atoms with Crippen LogP contribution in [-0.2, 0) is 47.0 Å². The first kappa shape index (κ1) is 28.6. The number of benzene rings is 3. The van der Waals surface area contributed by atoms with Crippen molar-refractivity contribution in [1.29, 1.82) is 0 Å². The van der Waals surface area contributed by atoms with Gasteiger partial charge in [-0.2, -0.15) is 0 Å². The summed E-state index contributed by atoms with van der Waals surface area (Å²) >= 11 is 0. The van der Waals surface area contributed by atoms with Crippen LogP contribution in [0.4, 0.5) is 10.1 Å². The van der Waals surface area contributed by atoms with E-state index in [1.54, 1.807) is 54.6 Å². The molecule has 226 valence electrons. The fourth-order valence-corrected chi connectivity index (χ4v) is 5.74. The predicted molar refractivity (Wildman–Crippen MR) is 163 cm³/mol. The molecule has 5 aromatic rings. The minimum atomic E-state index is -0.430. The zero-order valence-electron chi connectivity index (χ0n) is 24.6. The number of carbonyl (C=O) groups is 1. The van der Waals surface area contributed by atoms with E-state index in [4.69, 9.17) is 30.5 Å². The summed E-state index contributed by atoms with van der Waals surface area (Å²) in [6.45, 7) is 9.38. The molecule has 0 N–H and O–H groups in total. The first-order chi connectivity index (χ1) is 22.0. The summed E-state index contributed by atoms with van der Waals surface area (Å²) in [7, 11) is 1.35. The highest BCUT2D eigenvalue weighted by atomic mass is 19.1. The molecule has 1 atom stereocenters. The molecule has 0 unspecified atom stereocenters. The SMILES string of the molecule is [C-]#[N+]c1ccc2c(c1)COCc1cc(c(F)cc1Cc1nc3ccc(C(=O)OC)cc3n1C[C@@H]1CCO1)-c1cccc(n1)OC2. The maximum atomic E-state index is 15.9. The van der Waals surface area contributed by atoms with Gasteiger partial charge in [-0.25, -0.2) is 24.0 Å². The molecule has 4 bridgehead atoms. The Morgan fingerprint density at radius 3 is 2.71 bits per heavy atom. The lowest BCUT2D eigenvalue weighted by Crippen LogP contribution is -2.31. The molecule has 0 spiro atoms. The second kappa shape index (κ2) is 12.1. The lowest BCUT2D eigenvalue weighted by Gasteiger charge is -2.27. The third-order valence-electron chi connectivity index (χ3n) is 8.27. The standard InChI is InChI=1S/C35H29FN4O5/c1-37-26-8-6-22-20-45-34-5-3-4-30(39-34)28-13-25(19-43-18-24(22)12-26)23(14-29(28)36)16-33-38-31-9-7-21(35(41)42-2)15-32(31)40(33)17-27-10-11-44-27/h3-9,12-15,27H,10-11,16-20H2,2H3/t27-/m0/s1. The lowest BCUT2D eigenvalue weighted by molar-refractivity contribution is -0.0589. The van der Waals surface area contributed by atoms with Crippen LogP contribution < -0.4 is 4.74 Å². The molecule has 0 saturated carbocycles. The van der Waals surface area contributed by atoms with Crippen LogP contribution in [-0.4, -0.2) is 40.3 Å². The van der Waals surface area contributed by atoms with Crippen molar-refractivity contribution < 1.29 is 28.1 Å². The van der Waals surface area contributed by atoms with Gasteiger partial charge >= 0.3 is 5.97 Å². The van der Waals surface area contributed by atoms with Crippen molar-refractivity contribution in [3.05, 3.63) is 118 Å². The van der Waals surface area contributed by atoms with Crippen LogP contribution in [0, 0.1) is 12.4 Å². The molecule has 10 heteroatoms. The molecule has 2 aromatic heterocycles. The van der Waals surface area contributed by atoms with Gasteiger partial charge in [0.25, 0.3) is 0 Å². The lowest BCUT2D eigenvalue weighted by atomic mass is 9.98. The van der Waals surface area contributed by atoms with Crippen molar-refractivity contribution in [3.8, 4) is 17.1 Å². The molecule has 2 aliphatic heterocycles. The Hall–Kier alpha value is -5.11. The predicted octanol–water partition coefficient (Wildman–Crippen LogP) is 6.56. The number of fused-ring (bicyclic) bond motifs is 7. The van der Waals surface area contributed by atoms with E-state index in [0.717, 1.165) is 40.0 Å². The van der Waals surface area contributed by atoms with E-state index in [1.165, 1.54) is 13.2 Å². The van der Waals surface area contributed by atoms with Crippen molar-refractivity contribution in [2.75, 3.05) is 13.7 Å². The topological polar surface area (TPSA) is 89.1 Å². The summed E-state index contributed by atoms with van der Waals surface area (Å²) in [6, 6.07) is 19.3. The van der Waals surface area contributed by atoms with Crippen molar-refractivity contribution >= 4 is 22.7 Å². The van der Waals surface area contributed by atoms with E-state index in [1.807, 2.05) is 6.07 Å². The van der Waals surface area contributed by atoms with Gasteiger partial charge < -0.3 is 23.5 Å². The van der Waals surface area contributed by atoms with E-state index in [0.29, 0.717) is 53.5 Å². The minimum absolute atomic E-state index is 0.0281. The molecule has 0 amide bonds. The fraction of sp³-hybridized carbons (Fsp3) is 0.257. The van der Waals surface area contributed by atoms with Crippen LogP contribution in [0.2, 0.25) is 0 Å². The van der Waals surface area contributed by atoms with Gasteiger partial charge in [-0.1, -0.05) is 24.3 Å². The van der Waals surface area contributed by atoms with Gasteiger partial charge in [-0.15, -0.1) is 0 Å². The molecule has 1 saturated heterocycles. The van der Waals surface area contributed by atoms with Crippen molar-refractivity contribution in [1.82, 2.24) is 14.5 Å². The van der Waals surface area contributed by atoms with Gasteiger partial charge in [0, 0.05) is 24.7 Å². The zero-order chi connectivity index (χ0) is 30.9. The summed E-state index contributed by atoms with van der Waals surface area (Å²) in [6.07, 6.45) is 1.27. The number of carbonyl (C=O) groups excluding carboxylic acids is 1. The van der Waals surface area contributed by atoms with Crippen LogP contribution >= 0.6 is 0 Å². The second-order valence-corrected chi connectivity index (χ2v) is 11.1. The van der Waals surface area contributed by atoms with Gasteiger partial charge in [-0.3, -0.25) is 0 Å². The maximum absolute atomic E-state index is 15.9. The first-order valence-corrected chi connectivity index (χ1v) is 14.7. The van der Waals surface area contributed by atoms with E-state index in [-0.39, 0.29) is 25.9 Å². The summed E-state index contributed by atoms with van der Waals surface area (Å²) in [5.41, 5.74) is 6.45. The Bertz CT molecular complexity index is 1980. The minimum Gasteiger partial charge on any atom is -0.473 e. The molecular weight excluding hydrogens is 575 g/mol. The second-order valence-electron chi connectivity index (χ2n) is 11.1. The van der Waals surface area contributed by atoms with Crippen LogP contribution in [0.15, 0.2) is 66.7 Å². The van der Waals surface area contributed by atoms with Crippen molar-refractivity contribution in [2.45, 2.75) is 45.3 Å². The van der Waals surface area contributed by atoms with Crippen molar-refractivity contribution in [3.63, 3.8) is 0 Å². The number of ether oxygens (including phenoxy) is 4. The summed E-state index contributed by atoms with van der Waals surface area (Å²) in [5.74, 6) is 0.238. The largest absolute Gasteiger partial charge is 0.473 e. The van der Waals surface area contributed by atoms with E-state index < -0.39 is 11.8 Å². The number of methoxy groups -OCH3 is 1. The van der Waals surface area contributed by atoms with Crippen LogP contribution in [0.5, 0.6) is 5.88 Å². The highest BCUT2D eigenvalue weighted by Gasteiger charge is 2.24. The van der Waals surface area contributed by atoms with Gasteiger partial charge in [0.05, 0.1) is 61.8 Å². The number of nitrogens with zero attached hydrogens (tertiary/aromatic N) is 4. The summed E-state index contributed by atoms with van der Waals surface area (Å²) < 4.78 is 40.8. The van der Waals surface area contributed by atoms with Gasteiger partial charge in [0.1, 0.15) is 18.2 Å². The molecule has 0 aliphatic carbocycles. The fourth-order valence-electron chi connectivity index (χ4n) is 5.74. The number of pyridine rings is 1. The number of halogens is 1. The summed E-state index contributed by atoms with van der Waals surface area (Å²) in [5, 5.41) is 0. The molecule has 0 radical (unpaired) electrons. The zero-order valence-corrected chi connectivity index (χ0v) is 24.6. The normalized spacial score (nSPS) is 15.8. The Morgan fingerprint density at radius 2 is 1.91 bits per heavy atom. The molecule has 1 fully saturated rings. The number of hydrogen-bond acceptors (Lipinski definition) is 7. The Labute approximate surface area is 259 Å². The van der Waals surface area contributed by atoms with E-state index in [2.05, 4.69) is 14.4 Å².